The number of fused-ring (bicyclic) bond motifs is 1. The quantitative estimate of drug-likeness (QED) is 0.280. The largest absolute Gasteiger partial charge is 0.489 e. The molecule has 0 saturated heterocycles. The molecule has 0 aliphatic heterocycles. The van der Waals surface area contributed by atoms with Crippen molar-refractivity contribution in [3.05, 3.63) is 113 Å². The maximum Gasteiger partial charge on any atom is 0.257 e. The summed E-state index contributed by atoms with van der Waals surface area (Å²) >= 11 is 11.3. The van der Waals surface area contributed by atoms with Gasteiger partial charge in [0.25, 0.3) is 5.91 Å². The van der Waals surface area contributed by atoms with Crippen molar-refractivity contribution in [3.8, 4) is 11.4 Å². The third-order valence-corrected chi connectivity index (χ3v) is 5.72. The minimum atomic E-state index is -0.340. The molecule has 5 rings (SSSR count). The molecular formula is C27H20ClN5O2S. The topological polar surface area (TPSA) is 81.1 Å². The van der Waals surface area contributed by atoms with Gasteiger partial charge in [-0.25, -0.2) is 0 Å². The summed E-state index contributed by atoms with van der Waals surface area (Å²) in [4.78, 5) is 14.3. The van der Waals surface area contributed by atoms with Crippen molar-refractivity contribution in [3.63, 3.8) is 0 Å². The number of nitrogens with zero attached hydrogens (tertiary/aromatic N) is 3. The summed E-state index contributed by atoms with van der Waals surface area (Å²) in [6.45, 7) is 0.414. The van der Waals surface area contributed by atoms with E-state index in [1.807, 2.05) is 66.7 Å². The molecule has 0 fully saturated rings. The Bertz CT molecular complexity index is 1540. The summed E-state index contributed by atoms with van der Waals surface area (Å²) in [6, 6.07) is 29.5. The molecule has 1 aromatic heterocycles. The van der Waals surface area contributed by atoms with Gasteiger partial charge in [-0.1, -0.05) is 48.0 Å². The first kappa shape index (κ1) is 23.5. The van der Waals surface area contributed by atoms with Crippen LogP contribution < -0.4 is 15.4 Å². The number of carbonyl (C=O) groups excluding carboxylic acids is 1. The number of rotatable bonds is 6. The van der Waals surface area contributed by atoms with Gasteiger partial charge in [0.05, 0.1) is 5.69 Å². The number of anilines is 1. The van der Waals surface area contributed by atoms with Gasteiger partial charge in [-0.05, 0) is 78.4 Å². The van der Waals surface area contributed by atoms with Crippen molar-refractivity contribution in [2.45, 2.75) is 6.61 Å². The summed E-state index contributed by atoms with van der Waals surface area (Å²) < 4.78 is 5.81. The summed E-state index contributed by atoms with van der Waals surface area (Å²) in [5, 5.41) is 15.5. The van der Waals surface area contributed by atoms with E-state index in [0.29, 0.717) is 34.1 Å². The highest BCUT2D eigenvalue weighted by molar-refractivity contribution is 7.80. The molecule has 36 heavy (non-hydrogen) atoms. The number of halogens is 1. The van der Waals surface area contributed by atoms with Crippen LogP contribution >= 0.6 is 23.8 Å². The Balaban J connectivity index is 1.22. The van der Waals surface area contributed by atoms with Gasteiger partial charge in [0.1, 0.15) is 23.4 Å². The lowest BCUT2D eigenvalue weighted by atomic mass is 10.2. The van der Waals surface area contributed by atoms with E-state index in [-0.39, 0.29) is 11.0 Å². The first-order chi connectivity index (χ1) is 17.5. The normalized spacial score (nSPS) is 10.7. The predicted octanol–water partition coefficient (Wildman–Crippen LogP) is 5.78. The molecule has 0 aliphatic rings. The second kappa shape index (κ2) is 10.6. The van der Waals surface area contributed by atoms with Crippen LogP contribution in [0.25, 0.3) is 16.7 Å². The summed E-state index contributed by atoms with van der Waals surface area (Å²) in [6.07, 6.45) is 0. The van der Waals surface area contributed by atoms with Gasteiger partial charge in [0, 0.05) is 16.3 Å². The molecule has 0 aliphatic carbocycles. The smallest absolute Gasteiger partial charge is 0.257 e. The van der Waals surface area contributed by atoms with Crippen LogP contribution in [0.1, 0.15) is 15.9 Å². The fourth-order valence-corrected chi connectivity index (χ4v) is 3.82. The highest BCUT2D eigenvalue weighted by Crippen LogP contribution is 2.19. The zero-order valence-electron chi connectivity index (χ0n) is 18.9. The molecule has 5 aromatic rings. The highest BCUT2D eigenvalue weighted by Gasteiger charge is 2.11. The van der Waals surface area contributed by atoms with E-state index in [0.717, 1.165) is 16.8 Å². The van der Waals surface area contributed by atoms with Gasteiger partial charge in [0.2, 0.25) is 0 Å². The second-order valence-corrected chi connectivity index (χ2v) is 8.72. The Morgan fingerprint density at radius 2 is 1.67 bits per heavy atom. The van der Waals surface area contributed by atoms with E-state index >= 15 is 0 Å². The Labute approximate surface area is 217 Å². The van der Waals surface area contributed by atoms with Gasteiger partial charge in [-0.15, -0.1) is 10.2 Å². The fourth-order valence-electron chi connectivity index (χ4n) is 3.49. The molecule has 0 unspecified atom stereocenters. The van der Waals surface area contributed by atoms with Crippen molar-refractivity contribution >= 4 is 51.6 Å². The van der Waals surface area contributed by atoms with Crippen LogP contribution in [0, 0.1) is 0 Å². The maximum absolute atomic E-state index is 12.7. The van der Waals surface area contributed by atoms with Crippen LogP contribution in [0.5, 0.6) is 5.75 Å². The molecule has 4 aromatic carbocycles. The number of carbonyl (C=O) groups is 1. The van der Waals surface area contributed by atoms with E-state index in [2.05, 4.69) is 20.8 Å². The Kier molecular flexibility index (Phi) is 6.88. The summed E-state index contributed by atoms with van der Waals surface area (Å²) in [7, 11) is 0. The van der Waals surface area contributed by atoms with Gasteiger partial charge in [0.15, 0.2) is 5.11 Å². The predicted molar refractivity (Wildman–Crippen MR) is 145 cm³/mol. The van der Waals surface area contributed by atoms with Gasteiger partial charge >= 0.3 is 0 Å². The van der Waals surface area contributed by atoms with E-state index < -0.39 is 0 Å². The van der Waals surface area contributed by atoms with Gasteiger partial charge in [-0.2, -0.15) is 4.80 Å². The lowest BCUT2D eigenvalue weighted by Gasteiger charge is -2.11. The number of nitrogens with one attached hydrogen (secondary N) is 2. The molecule has 1 amide bonds. The van der Waals surface area contributed by atoms with Crippen LogP contribution in [0.15, 0.2) is 97.1 Å². The van der Waals surface area contributed by atoms with Crippen molar-refractivity contribution < 1.29 is 9.53 Å². The summed E-state index contributed by atoms with van der Waals surface area (Å²) in [5.74, 6) is 0.257. The number of hydrogen-bond acceptors (Lipinski definition) is 5. The van der Waals surface area contributed by atoms with E-state index in [4.69, 9.17) is 28.6 Å². The standard InChI is InChI=1S/C27H20ClN5O2S/c28-20-9-12-22(13-10-20)33-31-24-14-11-21(16-25(24)32-33)29-27(36)30-26(34)19-7-4-8-23(15-19)35-17-18-5-2-1-3-6-18/h1-16H,17H2,(H2,29,30,34,36). The number of thiocarbonyl (C=S) groups is 1. The van der Waals surface area contributed by atoms with E-state index in [1.54, 1.807) is 30.3 Å². The number of hydrogen-bond donors (Lipinski definition) is 2. The molecule has 0 bridgehead atoms. The molecule has 9 heteroatoms. The Hall–Kier alpha value is -4.27. The van der Waals surface area contributed by atoms with E-state index in [1.165, 1.54) is 4.80 Å². The molecule has 178 valence electrons. The first-order valence-electron chi connectivity index (χ1n) is 11.1. The molecule has 7 nitrogen and oxygen atoms in total. The molecule has 0 radical (unpaired) electrons. The zero-order valence-corrected chi connectivity index (χ0v) is 20.5. The zero-order chi connectivity index (χ0) is 24.9. The van der Waals surface area contributed by atoms with Crippen LogP contribution in [0.3, 0.4) is 0 Å². The SMILES string of the molecule is O=C(NC(=S)Nc1ccc2nn(-c3ccc(Cl)cc3)nc2c1)c1cccc(OCc2ccccc2)c1. The molecule has 0 atom stereocenters. The van der Waals surface area contributed by atoms with Crippen molar-refractivity contribution in [2.75, 3.05) is 5.32 Å². The van der Waals surface area contributed by atoms with Crippen LogP contribution in [-0.4, -0.2) is 26.0 Å². The molecule has 1 heterocycles. The van der Waals surface area contributed by atoms with Gasteiger partial charge < -0.3 is 10.1 Å². The summed E-state index contributed by atoms with van der Waals surface area (Å²) in [5.41, 5.74) is 4.35. The van der Waals surface area contributed by atoms with E-state index in [9.17, 15) is 4.79 Å². The second-order valence-electron chi connectivity index (χ2n) is 7.88. The number of ether oxygens (including phenoxy) is 1. The van der Waals surface area contributed by atoms with Gasteiger partial charge in [-0.3, -0.25) is 10.1 Å². The Morgan fingerprint density at radius 3 is 2.47 bits per heavy atom. The van der Waals surface area contributed by atoms with Crippen molar-refractivity contribution in [2.24, 2.45) is 0 Å². The average molecular weight is 514 g/mol. The third-order valence-electron chi connectivity index (χ3n) is 5.27. The van der Waals surface area contributed by atoms with Crippen molar-refractivity contribution in [1.29, 1.82) is 0 Å². The molecular weight excluding hydrogens is 494 g/mol. The fraction of sp³-hybridized carbons (Fsp3) is 0.0370. The average Bonchev–Trinajstić information content (AvgIpc) is 3.32. The minimum Gasteiger partial charge on any atom is -0.489 e. The number of benzene rings is 4. The van der Waals surface area contributed by atoms with Crippen LogP contribution in [-0.2, 0) is 6.61 Å². The molecule has 0 saturated carbocycles. The molecule has 2 N–H and O–H groups in total. The Morgan fingerprint density at radius 1 is 0.889 bits per heavy atom. The highest BCUT2D eigenvalue weighted by atomic mass is 35.5. The number of aromatic nitrogens is 3. The van der Waals surface area contributed by atoms with Crippen LogP contribution in [0.2, 0.25) is 5.02 Å². The first-order valence-corrected chi connectivity index (χ1v) is 11.8. The van der Waals surface area contributed by atoms with Crippen LogP contribution in [0.4, 0.5) is 5.69 Å². The van der Waals surface area contributed by atoms with Crippen molar-refractivity contribution in [1.82, 2.24) is 20.3 Å². The number of amides is 1. The molecule has 0 spiro atoms. The lowest BCUT2D eigenvalue weighted by molar-refractivity contribution is 0.0977. The maximum atomic E-state index is 12.7. The minimum absolute atomic E-state index is 0.167. The lowest BCUT2D eigenvalue weighted by Crippen LogP contribution is -2.34. The monoisotopic (exact) mass is 513 g/mol. The third kappa shape index (κ3) is 5.68.